The van der Waals surface area contributed by atoms with Crippen LogP contribution in [0.1, 0.15) is 16.8 Å². The molecule has 0 aliphatic rings. The average Bonchev–Trinajstić information content (AvgIpc) is 2.86. The van der Waals surface area contributed by atoms with E-state index in [0.717, 1.165) is 11.1 Å². The lowest BCUT2D eigenvalue weighted by Crippen LogP contribution is -2.20. The number of aryl methyl sites for hydroxylation is 2. The zero-order chi connectivity index (χ0) is 16.1. The Labute approximate surface area is 132 Å². The second kappa shape index (κ2) is 7.04. The van der Waals surface area contributed by atoms with Crippen LogP contribution in [0.4, 0.5) is 5.13 Å². The van der Waals surface area contributed by atoms with Gasteiger partial charge >= 0.3 is 0 Å². The molecule has 116 valence electrons. The first-order valence-corrected chi connectivity index (χ1v) is 7.54. The standard InChI is InChI=1S/C15H17N3O3S/c1-9-3-4-10(2)12(5-9)21-7-14(20)18-15-17-11(8-22-15)6-13(16)19/h3-5,8H,6-7H2,1-2H3,(H2,16,19)(H,17,18,20). The first-order chi connectivity index (χ1) is 10.4. The van der Waals surface area contributed by atoms with Crippen LogP contribution in [0.2, 0.25) is 0 Å². The third-order valence-electron chi connectivity index (χ3n) is 2.86. The first-order valence-electron chi connectivity index (χ1n) is 6.66. The summed E-state index contributed by atoms with van der Waals surface area (Å²) in [5.41, 5.74) is 7.67. The van der Waals surface area contributed by atoms with E-state index >= 15 is 0 Å². The van der Waals surface area contributed by atoms with Crippen LogP contribution in [-0.2, 0) is 16.0 Å². The normalized spacial score (nSPS) is 10.3. The number of nitrogens with one attached hydrogen (secondary N) is 1. The SMILES string of the molecule is Cc1ccc(C)c(OCC(=O)Nc2nc(CC(N)=O)cs2)c1. The number of nitrogens with two attached hydrogens (primary N) is 1. The summed E-state index contributed by atoms with van der Waals surface area (Å²) in [5, 5.41) is 4.74. The van der Waals surface area contributed by atoms with E-state index in [9.17, 15) is 9.59 Å². The number of ether oxygens (including phenoxy) is 1. The fourth-order valence-electron chi connectivity index (χ4n) is 1.79. The summed E-state index contributed by atoms with van der Waals surface area (Å²) in [4.78, 5) is 26.8. The molecule has 0 aliphatic heterocycles. The van der Waals surface area contributed by atoms with E-state index in [2.05, 4.69) is 10.3 Å². The molecule has 0 radical (unpaired) electrons. The smallest absolute Gasteiger partial charge is 0.264 e. The van der Waals surface area contributed by atoms with Gasteiger partial charge in [-0.2, -0.15) is 0 Å². The average molecular weight is 319 g/mol. The Morgan fingerprint density at radius 1 is 1.36 bits per heavy atom. The Balaban J connectivity index is 1.89. The van der Waals surface area contributed by atoms with Crippen LogP contribution in [0, 0.1) is 13.8 Å². The molecule has 2 rings (SSSR count). The van der Waals surface area contributed by atoms with Gasteiger partial charge in [-0.1, -0.05) is 12.1 Å². The fraction of sp³-hybridized carbons (Fsp3) is 0.267. The zero-order valence-corrected chi connectivity index (χ0v) is 13.2. The Bertz CT molecular complexity index is 697. The number of hydrogen-bond donors (Lipinski definition) is 2. The number of anilines is 1. The molecule has 6 nitrogen and oxygen atoms in total. The van der Waals surface area contributed by atoms with Gasteiger partial charge in [0.1, 0.15) is 5.75 Å². The highest BCUT2D eigenvalue weighted by atomic mass is 32.1. The van der Waals surface area contributed by atoms with E-state index in [1.54, 1.807) is 5.38 Å². The Morgan fingerprint density at radius 3 is 2.86 bits per heavy atom. The lowest BCUT2D eigenvalue weighted by atomic mass is 10.1. The van der Waals surface area contributed by atoms with E-state index in [-0.39, 0.29) is 18.9 Å². The first kappa shape index (κ1) is 16.0. The molecule has 1 aromatic carbocycles. The number of carbonyl (C=O) groups excluding carboxylic acids is 2. The van der Waals surface area contributed by atoms with Gasteiger partial charge in [0.15, 0.2) is 11.7 Å². The number of hydrogen-bond acceptors (Lipinski definition) is 5. The molecule has 0 aliphatic carbocycles. The molecular weight excluding hydrogens is 302 g/mol. The number of aromatic nitrogens is 1. The van der Waals surface area contributed by atoms with Crippen LogP contribution in [0.3, 0.4) is 0 Å². The summed E-state index contributed by atoms with van der Waals surface area (Å²) in [7, 11) is 0. The lowest BCUT2D eigenvalue weighted by Gasteiger charge is -2.09. The molecule has 0 atom stereocenters. The third-order valence-corrected chi connectivity index (χ3v) is 3.66. The van der Waals surface area contributed by atoms with E-state index in [0.29, 0.717) is 16.6 Å². The fourth-order valence-corrected chi connectivity index (χ4v) is 2.51. The predicted octanol–water partition coefficient (Wildman–Crippen LogP) is 1.81. The molecule has 2 aromatic rings. The molecule has 0 unspecified atom stereocenters. The molecule has 22 heavy (non-hydrogen) atoms. The van der Waals surface area contributed by atoms with Gasteiger partial charge in [-0.3, -0.25) is 14.9 Å². The van der Waals surface area contributed by atoms with Crippen molar-refractivity contribution in [3.8, 4) is 5.75 Å². The largest absolute Gasteiger partial charge is 0.483 e. The van der Waals surface area contributed by atoms with Gasteiger partial charge in [0.2, 0.25) is 5.91 Å². The number of nitrogens with zero attached hydrogens (tertiary/aromatic N) is 1. The number of benzene rings is 1. The quantitative estimate of drug-likeness (QED) is 0.849. The summed E-state index contributed by atoms with van der Waals surface area (Å²) >= 11 is 1.24. The van der Waals surface area contributed by atoms with Crippen molar-refractivity contribution < 1.29 is 14.3 Å². The van der Waals surface area contributed by atoms with Crippen molar-refractivity contribution in [2.75, 3.05) is 11.9 Å². The molecule has 0 bridgehead atoms. The van der Waals surface area contributed by atoms with Crippen LogP contribution in [0.15, 0.2) is 23.6 Å². The number of rotatable bonds is 6. The Hall–Kier alpha value is -2.41. The van der Waals surface area contributed by atoms with Crippen LogP contribution in [-0.4, -0.2) is 23.4 Å². The molecule has 1 heterocycles. The van der Waals surface area contributed by atoms with Crippen molar-refractivity contribution >= 4 is 28.3 Å². The van der Waals surface area contributed by atoms with Gasteiger partial charge in [-0.25, -0.2) is 4.98 Å². The lowest BCUT2D eigenvalue weighted by molar-refractivity contribution is -0.118. The Morgan fingerprint density at radius 2 is 2.14 bits per heavy atom. The number of carbonyl (C=O) groups is 2. The van der Waals surface area contributed by atoms with Crippen LogP contribution in [0.5, 0.6) is 5.75 Å². The molecule has 0 saturated heterocycles. The molecule has 2 amide bonds. The zero-order valence-electron chi connectivity index (χ0n) is 12.4. The summed E-state index contributed by atoms with van der Waals surface area (Å²) in [6.45, 7) is 3.78. The number of amides is 2. The highest BCUT2D eigenvalue weighted by Crippen LogP contribution is 2.19. The van der Waals surface area contributed by atoms with E-state index < -0.39 is 5.91 Å². The summed E-state index contributed by atoms with van der Waals surface area (Å²) < 4.78 is 5.51. The van der Waals surface area contributed by atoms with E-state index in [4.69, 9.17) is 10.5 Å². The highest BCUT2D eigenvalue weighted by Gasteiger charge is 2.09. The monoisotopic (exact) mass is 319 g/mol. The van der Waals surface area contributed by atoms with Crippen molar-refractivity contribution in [2.24, 2.45) is 5.73 Å². The van der Waals surface area contributed by atoms with Crippen molar-refractivity contribution in [3.63, 3.8) is 0 Å². The van der Waals surface area contributed by atoms with Crippen molar-refractivity contribution in [2.45, 2.75) is 20.3 Å². The maximum Gasteiger partial charge on any atom is 0.264 e. The van der Waals surface area contributed by atoms with Crippen molar-refractivity contribution in [3.05, 3.63) is 40.4 Å². The van der Waals surface area contributed by atoms with Gasteiger partial charge in [0.05, 0.1) is 12.1 Å². The third kappa shape index (κ3) is 4.56. The summed E-state index contributed by atoms with van der Waals surface area (Å²) in [6, 6.07) is 5.81. The maximum atomic E-state index is 11.9. The number of thiazole rings is 1. The van der Waals surface area contributed by atoms with E-state index in [1.807, 2.05) is 32.0 Å². The molecule has 1 aromatic heterocycles. The molecule has 0 saturated carbocycles. The van der Waals surface area contributed by atoms with Crippen LogP contribution >= 0.6 is 11.3 Å². The predicted molar refractivity (Wildman–Crippen MR) is 85.1 cm³/mol. The van der Waals surface area contributed by atoms with E-state index in [1.165, 1.54) is 11.3 Å². The molecule has 0 fully saturated rings. The van der Waals surface area contributed by atoms with Crippen molar-refractivity contribution in [1.82, 2.24) is 4.98 Å². The second-order valence-corrected chi connectivity index (χ2v) is 5.75. The van der Waals surface area contributed by atoms with Gasteiger partial charge in [0.25, 0.3) is 5.91 Å². The van der Waals surface area contributed by atoms with Gasteiger partial charge in [-0.05, 0) is 31.0 Å². The van der Waals surface area contributed by atoms with Crippen LogP contribution < -0.4 is 15.8 Å². The minimum absolute atomic E-state index is 0.0609. The van der Waals surface area contributed by atoms with Gasteiger partial charge < -0.3 is 10.5 Å². The summed E-state index contributed by atoms with van der Waals surface area (Å²) in [5.74, 6) is -0.0778. The second-order valence-electron chi connectivity index (χ2n) is 4.89. The van der Waals surface area contributed by atoms with Gasteiger partial charge in [0, 0.05) is 5.38 Å². The summed E-state index contributed by atoms with van der Waals surface area (Å²) in [6.07, 6.45) is 0.0609. The molecular formula is C15H17N3O3S. The highest BCUT2D eigenvalue weighted by molar-refractivity contribution is 7.13. The molecule has 3 N–H and O–H groups in total. The van der Waals surface area contributed by atoms with Crippen molar-refractivity contribution in [1.29, 1.82) is 0 Å². The minimum Gasteiger partial charge on any atom is -0.483 e. The maximum absolute atomic E-state index is 11.9. The minimum atomic E-state index is -0.457. The Kier molecular flexibility index (Phi) is 5.11. The topological polar surface area (TPSA) is 94.3 Å². The number of primary amides is 1. The van der Waals surface area contributed by atoms with Gasteiger partial charge in [-0.15, -0.1) is 11.3 Å². The molecule has 7 heteroatoms. The van der Waals surface area contributed by atoms with Crippen LogP contribution in [0.25, 0.3) is 0 Å². The molecule has 0 spiro atoms.